The third kappa shape index (κ3) is 2.45. The summed E-state index contributed by atoms with van der Waals surface area (Å²) in [5.41, 5.74) is 2.02. The number of aryl methyl sites for hydroxylation is 1. The molecule has 0 saturated heterocycles. The van der Waals surface area contributed by atoms with Crippen LogP contribution in [0.15, 0.2) is 22.7 Å². The smallest absolute Gasteiger partial charge is 0.229 e. The van der Waals surface area contributed by atoms with Crippen LogP contribution in [0.2, 0.25) is 5.28 Å². The Morgan fingerprint density at radius 3 is 2.44 bits per heavy atom. The maximum absolute atomic E-state index is 6.17. The van der Waals surface area contributed by atoms with Crippen LogP contribution >= 0.6 is 27.5 Å². The first kappa shape index (κ1) is 13.6. The summed E-state index contributed by atoms with van der Waals surface area (Å²) < 4.78 is 2.95. The molecule has 0 aliphatic rings. The first-order chi connectivity index (χ1) is 8.30. The van der Waals surface area contributed by atoms with E-state index in [4.69, 9.17) is 11.6 Å². The lowest BCUT2D eigenvalue weighted by Gasteiger charge is -2.20. The van der Waals surface area contributed by atoms with Gasteiger partial charge < -0.3 is 0 Å². The Balaban J connectivity index is 2.67. The van der Waals surface area contributed by atoms with Crippen LogP contribution in [0.25, 0.3) is 5.69 Å². The highest BCUT2D eigenvalue weighted by Crippen LogP contribution is 2.29. The van der Waals surface area contributed by atoms with Crippen LogP contribution < -0.4 is 0 Å². The second-order valence-corrected chi connectivity index (χ2v) is 6.56. The summed E-state index contributed by atoms with van der Waals surface area (Å²) in [5.74, 6) is 0.859. The molecule has 0 spiro atoms. The van der Waals surface area contributed by atoms with Gasteiger partial charge in [0.05, 0.1) is 5.69 Å². The van der Waals surface area contributed by atoms with E-state index in [-0.39, 0.29) is 5.41 Å². The molecule has 1 heterocycles. The first-order valence-electron chi connectivity index (χ1n) is 5.68. The molecule has 0 bridgehead atoms. The number of aromatic nitrogens is 3. The Kier molecular flexibility index (Phi) is 3.52. The molecule has 0 N–H and O–H groups in total. The molecule has 96 valence electrons. The molecule has 1 aromatic heterocycles. The van der Waals surface area contributed by atoms with Crippen molar-refractivity contribution in [3.63, 3.8) is 0 Å². The normalized spacial score (nSPS) is 11.9. The molecule has 0 saturated carbocycles. The molecule has 0 aliphatic carbocycles. The van der Waals surface area contributed by atoms with Crippen LogP contribution in [0.1, 0.15) is 32.2 Å². The highest BCUT2D eigenvalue weighted by molar-refractivity contribution is 9.10. The summed E-state index contributed by atoms with van der Waals surface area (Å²) in [7, 11) is 0. The Hall–Kier alpha value is -0.870. The molecule has 0 unspecified atom stereocenters. The fourth-order valence-corrected chi connectivity index (χ4v) is 2.52. The summed E-state index contributed by atoms with van der Waals surface area (Å²) >= 11 is 9.64. The quantitative estimate of drug-likeness (QED) is 0.782. The van der Waals surface area contributed by atoms with E-state index in [9.17, 15) is 0 Å². The average molecular weight is 329 g/mol. The minimum absolute atomic E-state index is 0.111. The number of hydrogen-bond donors (Lipinski definition) is 0. The van der Waals surface area contributed by atoms with E-state index >= 15 is 0 Å². The Morgan fingerprint density at radius 1 is 1.22 bits per heavy atom. The topological polar surface area (TPSA) is 30.7 Å². The van der Waals surface area contributed by atoms with Crippen LogP contribution in [-0.2, 0) is 5.41 Å². The molecule has 5 heteroatoms. The van der Waals surface area contributed by atoms with Crippen molar-refractivity contribution in [2.45, 2.75) is 33.1 Å². The van der Waals surface area contributed by atoms with Crippen molar-refractivity contribution in [3.8, 4) is 5.69 Å². The Morgan fingerprint density at radius 2 is 1.89 bits per heavy atom. The summed E-state index contributed by atoms with van der Waals surface area (Å²) in [6.07, 6.45) is 0. The van der Waals surface area contributed by atoms with Crippen molar-refractivity contribution in [2.75, 3.05) is 0 Å². The van der Waals surface area contributed by atoms with Gasteiger partial charge in [-0.25, -0.2) is 0 Å². The standard InChI is InChI=1S/C13H15BrClN3/c1-8-7-9(14)5-6-10(8)18-11(13(2,3)4)16-17-12(18)15/h5-7H,1-4H3. The van der Waals surface area contributed by atoms with E-state index in [0.29, 0.717) is 5.28 Å². The van der Waals surface area contributed by atoms with Gasteiger partial charge in [0.2, 0.25) is 5.28 Å². The van der Waals surface area contributed by atoms with Crippen molar-refractivity contribution in [1.29, 1.82) is 0 Å². The minimum atomic E-state index is -0.111. The maximum atomic E-state index is 6.17. The van der Waals surface area contributed by atoms with Crippen LogP contribution in [0.5, 0.6) is 0 Å². The molecule has 18 heavy (non-hydrogen) atoms. The molecular formula is C13H15BrClN3. The van der Waals surface area contributed by atoms with E-state index in [1.165, 1.54) is 0 Å². The van der Waals surface area contributed by atoms with Crippen molar-refractivity contribution >= 4 is 27.5 Å². The third-order valence-corrected chi connectivity index (χ3v) is 3.43. The van der Waals surface area contributed by atoms with E-state index in [1.807, 2.05) is 23.6 Å². The lowest BCUT2D eigenvalue weighted by molar-refractivity contribution is 0.533. The van der Waals surface area contributed by atoms with Gasteiger partial charge in [0, 0.05) is 9.89 Å². The third-order valence-electron chi connectivity index (χ3n) is 2.69. The minimum Gasteiger partial charge on any atom is -0.269 e. The zero-order valence-corrected chi connectivity index (χ0v) is 13.2. The van der Waals surface area contributed by atoms with Gasteiger partial charge in [-0.1, -0.05) is 36.7 Å². The van der Waals surface area contributed by atoms with Gasteiger partial charge in [-0.2, -0.15) is 0 Å². The molecule has 0 amide bonds. The highest BCUT2D eigenvalue weighted by Gasteiger charge is 2.24. The summed E-state index contributed by atoms with van der Waals surface area (Å²) in [6.45, 7) is 8.33. The van der Waals surface area contributed by atoms with Crippen LogP contribution in [0.3, 0.4) is 0 Å². The van der Waals surface area contributed by atoms with Gasteiger partial charge in [-0.15, -0.1) is 10.2 Å². The predicted molar refractivity (Wildman–Crippen MR) is 77.5 cm³/mol. The molecule has 0 aliphatic heterocycles. The van der Waals surface area contributed by atoms with Crippen LogP contribution in [0, 0.1) is 6.92 Å². The van der Waals surface area contributed by atoms with Gasteiger partial charge in [-0.3, -0.25) is 4.57 Å². The number of nitrogens with zero attached hydrogens (tertiary/aromatic N) is 3. The van der Waals surface area contributed by atoms with Crippen LogP contribution in [0.4, 0.5) is 0 Å². The molecule has 0 fully saturated rings. The summed E-state index contributed by atoms with van der Waals surface area (Å²) in [6, 6.07) is 6.06. The number of rotatable bonds is 1. The zero-order valence-electron chi connectivity index (χ0n) is 10.8. The number of hydrogen-bond acceptors (Lipinski definition) is 2. The van der Waals surface area contributed by atoms with Gasteiger partial charge in [0.25, 0.3) is 0 Å². The molecule has 2 aromatic rings. The monoisotopic (exact) mass is 327 g/mol. The Labute approximate surface area is 120 Å². The SMILES string of the molecule is Cc1cc(Br)ccc1-n1c(Cl)nnc1C(C)(C)C. The van der Waals surface area contributed by atoms with E-state index in [1.54, 1.807) is 0 Å². The van der Waals surface area contributed by atoms with Crippen molar-refractivity contribution < 1.29 is 0 Å². The molecule has 2 rings (SSSR count). The molecular weight excluding hydrogens is 314 g/mol. The lowest BCUT2D eigenvalue weighted by atomic mass is 9.95. The summed E-state index contributed by atoms with van der Waals surface area (Å²) in [4.78, 5) is 0. The van der Waals surface area contributed by atoms with Crippen molar-refractivity contribution in [1.82, 2.24) is 14.8 Å². The molecule has 1 aromatic carbocycles. The second-order valence-electron chi connectivity index (χ2n) is 5.31. The fraction of sp³-hybridized carbons (Fsp3) is 0.385. The number of halogens is 2. The fourth-order valence-electron chi connectivity index (χ4n) is 1.83. The van der Waals surface area contributed by atoms with Gasteiger partial charge in [0.1, 0.15) is 5.82 Å². The lowest BCUT2D eigenvalue weighted by Crippen LogP contribution is -2.18. The second kappa shape index (κ2) is 4.67. The van der Waals surface area contributed by atoms with E-state index in [2.05, 4.69) is 53.0 Å². The summed E-state index contributed by atoms with van der Waals surface area (Å²) in [5, 5.41) is 8.58. The van der Waals surface area contributed by atoms with Gasteiger partial charge in [0.15, 0.2) is 0 Å². The van der Waals surface area contributed by atoms with Crippen molar-refractivity contribution in [3.05, 3.63) is 39.3 Å². The van der Waals surface area contributed by atoms with Crippen LogP contribution in [-0.4, -0.2) is 14.8 Å². The zero-order chi connectivity index (χ0) is 13.5. The average Bonchev–Trinajstić information content (AvgIpc) is 2.60. The van der Waals surface area contributed by atoms with E-state index < -0.39 is 0 Å². The van der Waals surface area contributed by atoms with Crippen molar-refractivity contribution in [2.24, 2.45) is 0 Å². The van der Waals surface area contributed by atoms with Gasteiger partial charge >= 0.3 is 0 Å². The Bertz CT molecular complexity index is 584. The van der Waals surface area contributed by atoms with Gasteiger partial charge in [-0.05, 0) is 42.3 Å². The highest BCUT2D eigenvalue weighted by atomic mass is 79.9. The van der Waals surface area contributed by atoms with E-state index in [0.717, 1.165) is 21.5 Å². The molecule has 0 radical (unpaired) electrons. The predicted octanol–water partition coefficient (Wildman–Crippen LogP) is 4.29. The first-order valence-corrected chi connectivity index (χ1v) is 6.85. The molecule has 3 nitrogen and oxygen atoms in total. The maximum Gasteiger partial charge on any atom is 0.229 e. The molecule has 0 atom stereocenters. The number of benzene rings is 1. The largest absolute Gasteiger partial charge is 0.269 e.